The first-order chi connectivity index (χ1) is 17.0. The lowest BCUT2D eigenvalue weighted by atomic mass is 9.95. The minimum atomic E-state index is -1.42. The number of carboxylic acids is 1. The van der Waals surface area contributed by atoms with Crippen LogP contribution >= 0.6 is 0 Å². The van der Waals surface area contributed by atoms with Crippen molar-refractivity contribution in [3.8, 4) is 11.6 Å². The first-order valence-electron chi connectivity index (χ1n) is 11.4. The molecule has 1 amide bonds. The molecule has 0 saturated heterocycles. The van der Waals surface area contributed by atoms with E-state index in [2.05, 4.69) is 10.3 Å². The van der Waals surface area contributed by atoms with E-state index in [1.165, 1.54) is 19.4 Å². The summed E-state index contributed by atoms with van der Waals surface area (Å²) >= 11 is 0. The average molecular weight is 477 g/mol. The van der Waals surface area contributed by atoms with E-state index < -0.39 is 17.4 Å². The Morgan fingerprint density at radius 3 is 2.26 bits per heavy atom. The first-order valence-corrected chi connectivity index (χ1v) is 11.4. The molecule has 1 aromatic heterocycles. The van der Waals surface area contributed by atoms with Crippen LogP contribution in [0.4, 0.5) is 0 Å². The predicted molar refractivity (Wildman–Crippen MR) is 129 cm³/mol. The largest absolute Gasteiger partial charge is 0.488 e. The monoisotopic (exact) mass is 476 g/mol. The van der Waals surface area contributed by atoms with Crippen molar-refractivity contribution in [3.05, 3.63) is 88.6 Å². The highest BCUT2D eigenvalue weighted by molar-refractivity contribution is 5.98. The molecule has 8 heteroatoms. The van der Waals surface area contributed by atoms with Crippen LogP contribution < -0.4 is 14.8 Å². The third-order valence-electron chi connectivity index (χ3n) is 6.27. The van der Waals surface area contributed by atoms with Crippen LogP contribution in [-0.4, -0.2) is 52.9 Å². The fourth-order valence-electron chi connectivity index (χ4n) is 4.45. The SMILES string of the molecule is COc1ncc(C(=O)NC2(C(=O)O)Cc3ccccc3C2)cc1OCCc1ccccc1CCO. The molecular formula is C27H28N2O6. The van der Waals surface area contributed by atoms with Gasteiger partial charge in [-0.05, 0) is 28.7 Å². The third kappa shape index (κ3) is 5.27. The average Bonchev–Trinajstić information content (AvgIpc) is 3.24. The predicted octanol–water partition coefficient (Wildman–Crippen LogP) is 2.60. The zero-order valence-electron chi connectivity index (χ0n) is 19.5. The van der Waals surface area contributed by atoms with Gasteiger partial charge in [0.2, 0.25) is 0 Å². The van der Waals surface area contributed by atoms with E-state index in [1.54, 1.807) is 0 Å². The van der Waals surface area contributed by atoms with Crippen LogP contribution in [0.1, 0.15) is 32.6 Å². The summed E-state index contributed by atoms with van der Waals surface area (Å²) in [5.74, 6) is -1.11. The molecule has 0 unspecified atom stereocenters. The smallest absolute Gasteiger partial charge is 0.330 e. The van der Waals surface area contributed by atoms with Crippen LogP contribution in [0.15, 0.2) is 60.8 Å². The molecular weight excluding hydrogens is 448 g/mol. The Kier molecular flexibility index (Phi) is 7.31. The number of ether oxygens (including phenoxy) is 2. The van der Waals surface area contributed by atoms with Gasteiger partial charge in [-0.2, -0.15) is 0 Å². The number of aromatic nitrogens is 1. The standard InChI is InChI=1S/C27H28N2O6/c1-34-25-23(35-13-11-19-7-3-2-6-18(19)10-12-30)14-22(17-28-25)24(31)29-27(26(32)33)15-20-8-4-5-9-21(20)16-27/h2-9,14,17,30H,10-13,15-16H2,1H3,(H,29,31)(H,32,33). The quantitative estimate of drug-likeness (QED) is 0.412. The van der Waals surface area contributed by atoms with Gasteiger partial charge in [-0.15, -0.1) is 0 Å². The molecule has 3 aromatic rings. The number of aliphatic carboxylic acids is 1. The van der Waals surface area contributed by atoms with Gasteiger partial charge in [0, 0.05) is 38.1 Å². The summed E-state index contributed by atoms with van der Waals surface area (Å²) in [6.07, 6.45) is 2.92. The number of carbonyl (C=O) groups is 2. The molecule has 0 fully saturated rings. The zero-order valence-corrected chi connectivity index (χ0v) is 19.5. The summed E-state index contributed by atoms with van der Waals surface area (Å²) in [6.45, 7) is 0.371. The van der Waals surface area contributed by atoms with Gasteiger partial charge in [-0.25, -0.2) is 9.78 Å². The van der Waals surface area contributed by atoms with E-state index in [9.17, 15) is 19.8 Å². The van der Waals surface area contributed by atoms with Gasteiger partial charge >= 0.3 is 5.97 Å². The molecule has 1 aliphatic carbocycles. The number of carbonyl (C=O) groups excluding carboxylic acids is 1. The van der Waals surface area contributed by atoms with E-state index in [-0.39, 0.29) is 30.9 Å². The minimum Gasteiger partial charge on any atom is -0.488 e. The Morgan fingerprint density at radius 2 is 1.66 bits per heavy atom. The van der Waals surface area contributed by atoms with Crippen LogP contribution in [0.3, 0.4) is 0 Å². The number of aliphatic hydroxyl groups excluding tert-OH is 1. The Labute approximate surface area is 203 Å². The molecule has 8 nitrogen and oxygen atoms in total. The number of pyridine rings is 1. The number of fused-ring (bicyclic) bond motifs is 1. The number of aliphatic hydroxyl groups is 1. The number of benzene rings is 2. The van der Waals surface area contributed by atoms with Crippen LogP contribution in [0, 0.1) is 0 Å². The fourth-order valence-corrected chi connectivity index (χ4v) is 4.45. The Hall–Kier alpha value is -3.91. The van der Waals surface area contributed by atoms with E-state index in [0.29, 0.717) is 25.2 Å². The Morgan fingerprint density at radius 1 is 1.03 bits per heavy atom. The van der Waals surface area contributed by atoms with E-state index in [0.717, 1.165) is 22.3 Å². The molecule has 4 rings (SSSR count). The zero-order chi connectivity index (χ0) is 24.8. The highest BCUT2D eigenvalue weighted by atomic mass is 16.5. The van der Waals surface area contributed by atoms with E-state index in [1.807, 2.05) is 48.5 Å². The van der Waals surface area contributed by atoms with Crippen molar-refractivity contribution < 1.29 is 29.3 Å². The lowest BCUT2D eigenvalue weighted by Gasteiger charge is -2.25. The molecule has 1 heterocycles. The van der Waals surface area contributed by atoms with Gasteiger partial charge in [0.15, 0.2) is 5.75 Å². The van der Waals surface area contributed by atoms with Crippen molar-refractivity contribution >= 4 is 11.9 Å². The number of amides is 1. The van der Waals surface area contributed by atoms with Gasteiger partial charge in [0.05, 0.1) is 19.3 Å². The summed E-state index contributed by atoms with van der Waals surface area (Å²) in [4.78, 5) is 29.5. The Bertz CT molecular complexity index is 1200. The van der Waals surface area contributed by atoms with Crippen molar-refractivity contribution in [1.82, 2.24) is 10.3 Å². The number of hydrogen-bond acceptors (Lipinski definition) is 6. The molecule has 35 heavy (non-hydrogen) atoms. The van der Waals surface area contributed by atoms with Crippen molar-refractivity contribution in [2.75, 3.05) is 20.3 Å². The second-order valence-corrected chi connectivity index (χ2v) is 8.54. The summed E-state index contributed by atoms with van der Waals surface area (Å²) in [5.41, 5.74) is 2.69. The molecule has 0 radical (unpaired) electrons. The summed E-state index contributed by atoms with van der Waals surface area (Å²) in [5, 5.41) is 22.0. The molecule has 0 spiro atoms. The molecule has 0 saturated carbocycles. The molecule has 182 valence electrons. The van der Waals surface area contributed by atoms with Crippen molar-refractivity contribution in [2.45, 2.75) is 31.2 Å². The number of methoxy groups -OCH3 is 1. The fraction of sp³-hybridized carbons (Fsp3) is 0.296. The lowest BCUT2D eigenvalue weighted by Crippen LogP contribution is -2.55. The third-order valence-corrected chi connectivity index (χ3v) is 6.27. The van der Waals surface area contributed by atoms with Crippen LogP contribution in [0.25, 0.3) is 0 Å². The maximum atomic E-state index is 13.1. The number of hydrogen-bond donors (Lipinski definition) is 3. The van der Waals surface area contributed by atoms with Gasteiger partial charge in [0.1, 0.15) is 5.54 Å². The summed E-state index contributed by atoms with van der Waals surface area (Å²) in [7, 11) is 1.46. The topological polar surface area (TPSA) is 118 Å². The van der Waals surface area contributed by atoms with Crippen LogP contribution in [0.5, 0.6) is 11.6 Å². The lowest BCUT2D eigenvalue weighted by molar-refractivity contribution is -0.144. The molecule has 1 aliphatic rings. The van der Waals surface area contributed by atoms with Gasteiger partial charge in [0.25, 0.3) is 11.8 Å². The molecule has 0 bridgehead atoms. The second-order valence-electron chi connectivity index (χ2n) is 8.54. The van der Waals surface area contributed by atoms with Crippen molar-refractivity contribution in [3.63, 3.8) is 0 Å². The number of nitrogens with one attached hydrogen (secondary N) is 1. The number of rotatable bonds is 10. The van der Waals surface area contributed by atoms with Crippen LogP contribution in [-0.2, 0) is 30.5 Å². The highest BCUT2D eigenvalue weighted by Crippen LogP contribution is 2.31. The minimum absolute atomic E-state index is 0.0652. The van der Waals surface area contributed by atoms with Gasteiger partial charge in [-0.1, -0.05) is 48.5 Å². The molecule has 3 N–H and O–H groups in total. The Balaban J connectivity index is 1.48. The second kappa shape index (κ2) is 10.6. The number of nitrogens with zero attached hydrogens (tertiary/aromatic N) is 1. The van der Waals surface area contributed by atoms with Gasteiger partial charge < -0.3 is 25.0 Å². The van der Waals surface area contributed by atoms with Crippen molar-refractivity contribution in [2.24, 2.45) is 0 Å². The molecule has 2 aromatic carbocycles. The van der Waals surface area contributed by atoms with E-state index >= 15 is 0 Å². The maximum absolute atomic E-state index is 13.1. The highest BCUT2D eigenvalue weighted by Gasteiger charge is 2.45. The van der Waals surface area contributed by atoms with E-state index in [4.69, 9.17) is 9.47 Å². The van der Waals surface area contributed by atoms with Crippen molar-refractivity contribution in [1.29, 1.82) is 0 Å². The van der Waals surface area contributed by atoms with Crippen LogP contribution in [0.2, 0.25) is 0 Å². The maximum Gasteiger partial charge on any atom is 0.330 e. The first kappa shape index (κ1) is 24.2. The molecule has 0 aliphatic heterocycles. The van der Waals surface area contributed by atoms with Gasteiger partial charge in [-0.3, -0.25) is 4.79 Å². The molecule has 0 atom stereocenters. The summed E-state index contributed by atoms with van der Waals surface area (Å²) < 4.78 is 11.2. The normalized spacial score (nSPS) is 13.7. The number of carboxylic acid groups (broad SMARTS) is 1. The summed E-state index contributed by atoms with van der Waals surface area (Å²) in [6, 6.07) is 16.8.